The second-order valence-electron chi connectivity index (χ2n) is 8.53. The first-order valence-electron chi connectivity index (χ1n) is 9.69. The number of aromatic nitrogens is 2. The van der Waals surface area contributed by atoms with E-state index in [2.05, 4.69) is 5.10 Å². The number of aliphatic hydroxyl groups is 2. The van der Waals surface area contributed by atoms with Gasteiger partial charge in [-0.2, -0.15) is 18.3 Å². The average molecular weight is 416 g/mol. The van der Waals surface area contributed by atoms with Gasteiger partial charge in [0, 0.05) is 29.9 Å². The summed E-state index contributed by atoms with van der Waals surface area (Å²) in [6.45, 7) is 3.31. The topological polar surface area (TPSA) is 58.3 Å². The van der Waals surface area contributed by atoms with Crippen LogP contribution in [0, 0.1) is 0 Å². The molecule has 4 nitrogen and oxygen atoms in total. The second kappa shape index (κ2) is 6.68. The Morgan fingerprint density at radius 1 is 1.07 bits per heavy atom. The van der Waals surface area contributed by atoms with E-state index in [1.807, 2.05) is 6.07 Å². The summed E-state index contributed by atoms with van der Waals surface area (Å²) in [7, 11) is 1.74. The van der Waals surface area contributed by atoms with Gasteiger partial charge in [-0.1, -0.05) is 36.4 Å². The number of rotatable bonds is 4. The predicted molar refractivity (Wildman–Crippen MR) is 108 cm³/mol. The first-order valence-corrected chi connectivity index (χ1v) is 9.69. The number of alkyl halides is 3. The lowest BCUT2D eigenvalue weighted by molar-refractivity contribution is -0.246. The lowest BCUT2D eigenvalue weighted by atomic mass is 9.86. The first kappa shape index (κ1) is 20.6. The van der Waals surface area contributed by atoms with Crippen molar-refractivity contribution in [2.45, 2.75) is 44.1 Å². The molecule has 0 aliphatic heterocycles. The molecule has 4 rings (SSSR count). The van der Waals surface area contributed by atoms with Gasteiger partial charge in [-0.3, -0.25) is 4.68 Å². The Morgan fingerprint density at radius 3 is 2.37 bits per heavy atom. The fourth-order valence-corrected chi connectivity index (χ4v) is 4.13. The standard InChI is InChI=1S/C23H23F3N2O2/c1-21(2,29)9-8-14-10-17(15-12-27-28(3)13-15)20-16-6-4-5-7-18(16)22(30,19(20)11-14)23(24,25)26/h4-7,10-13,29-30H,8-9H2,1-3H3. The number of fused-ring (bicyclic) bond motifs is 3. The van der Waals surface area contributed by atoms with E-state index in [-0.39, 0.29) is 11.1 Å². The van der Waals surface area contributed by atoms with Crippen LogP contribution in [-0.2, 0) is 19.1 Å². The molecule has 3 aromatic rings. The molecule has 7 heteroatoms. The molecule has 0 amide bonds. The Morgan fingerprint density at radius 2 is 1.77 bits per heavy atom. The zero-order valence-electron chi connectivity index (χ0n) is 17.0. The van der Waals surface area contributed by atoms with Crippen LogP contribution in [0.1, 0.15) is 37.0 Å². The molecule has 1 aliphatic rings. The van der Waals surface area contributed by atoms with E-state index in [4.69, 9.17) is 0 Å². The van der Waals surface area contributed by atoms with Crippen molar-refractivity contribution >= 4 is 0 Å². The third kappa shape index (κ3) is 3.22. The van der Waals surface area contributed by atoms with Crippen LogP contribution < -0.4 is 0 Å². The van der Waals surface area contributed by atoms with Gasteiger partial charge in [0.05, 0.1) is 11.8 Å². The summed E-state index contributed by atoms with van der Waals surface area (Å²) in [4.78, 5) is 0. The molecule has 30 heavy (non-hydrogen) atoms. The molecular formula is C23H23F3N2O2. The fourth-order valence-electron chi connectivity index (χ4n) is 4.13. The minimum Gasteiger partial charge on any atom is -0.390 e. The highest BCUT2D eigenvalue weighted by Crippen LogP contribution is 2.57. The fraction of sp³-hybridized carbons (Fsp3) is 0.348. The molecular weight excluding hydrogens is 393 g/mol. The second-order valence-corrected chi connectivity index (χ2v) is 8.53. The highest BCUT2D eigenvalue weighted by Gasteiger charge is 2.61. The van der Waals surface area contributed by atoms with Gasteiger partial charge in [-0.05, 0) is 48.9 Å². The zero-order chi connectivity index (χ0) is 21.9. The van der Waals surface area contributed by atoms with Crippen LogP contribution in [0.15, 0.2) is 48.8 Å². The SMILES string of the molecule is Cn1cc(-c2cc(CCC(C)(C)O)cc3c2-c2ccccc2C3(O)C(F)(F)F)cn1. The van der Waals surface area contributed by atoms with Gasteiger partial charge in [0.1, 0.15) is 0 Å². The summed E-state index contributed by atoms with van der Waals surface area (Å²) in [5, 5.41) is 25.3. The van der Waals surface area contributed by atoms with E-state index in [1.54, 1.807) is 50.1 Å². The number of aryl methyl sites for hydroxylation is 2. The van der Waals surface area contributed by atoms with Crippen LogP contribution in [0.4, 0.5) is 13.2 Å². The summed E-state index contributed by atoms with van der Waals surface area (Å²) >= 11 is 0. The summed E-state index contributed by atoms with van der Waals surface area (Å²) in [5.74, 6) is 0. The van der Waals surface area contributed by atoms with E-state index in [9.17, 15) is 23.4 Å². The third-order valence-corrected chi connectivity index (χ3v) is 5.63. The van der Waals surface area contributed by atoms with Gasteiger partial charge in [0.25, 0.3) is 0 Å². The highest BCUT2D eigenvalue weighted by atomic mass is 19.4. The van der Waals surface area contributed by atoms with Crippen LogP contribution >= 0.6 is 0 Å². The maximum Gasteiger partial charge on any atom is 0.425 e. The molecule has 0 saturated carbocycles. The van der Waals surface area contributed by atoms with Crippen LogP contribution in [0.3, 0.4) is 0 Å². The van der Waals surface area contributed by atoms with Crippen LogP contribution in [-0.4, -0.2) is 31.8 Å². The van der Waals surface area contributed by atoms with E-state index >= 15 is 0 Å². The lowest BCUT2D eigenvalue weighted by Gasteiger charge is -2.29. The molecule has 0 bridgehead atoms. The normalized spacial score (nSPS) is 18.4. The Bertz CT molecular complexity index is 1110. The van der Waals surface area contributed by atoms with Crippen molar-refractivity contribution in [3.05, 3.63) is 65.5 Å². The largest absolute Gasteiger partial charge is 0.425 e. The summed E-state index contributed by atoms with van der Waals surface area (Å²) in [6.07, 6.45) is -0.814. The van der Waals surface area contributed by atoms with Crippen molar-refractivity contribution < 1.29 is 23.4 Å². The Balaban J connectivity index is 2.02. The van der Waals surface area contributed by atoms with Crippen LogP contribution in [0.25, 0.3) is 22.3 Å². The molecule has 1 atom stereocenters. The number of hydrogen-bond donors (Lipinski definition) is 2. The molecule has 0 radical (unpaired) electrons. The molecule has 0 fully saturated rings. The van der Waals surface area contributed by atoms with Crippen molar-refractivity contribution in [1.82, 2.24) is 9.78 Å². The molecule has 1 unspecified atom stereocenters. The van der Waals surface area contributed by atoms with E-state index in [1.165, 1.54) is 18.2 Å². The minimum absolute atomic E-state index is 0.169. The van der Waals surface area contributed by atoms with Gasteiger partial charge >= 0.3 is 6.18 Å². The zero-order valence-corrected chi connectivity index (χ0v) is 17.0. The van der Waals surface area contributed by atoms with E-state index < -0.39 is 17.4 Å². The molecule has 0 saturated heterocycles. The monoisotopic (exact) mass is 416 g/mol. The number of benzene rings is 2. The number of hydrogen-bond acceptors (Lipinski definition) is 3. The quantitative estimate of drug-likeness (QED) is 0.655. The molecule has 2 aromatic carbocycles. The van der Waals surface area contributed by atoms with Crippen molar-refractivity contribution in [2.24, 2.45) is 7.05 Å². The Kier molecular flexibility index (Phi) is 4.60. The van der Waals surface area contributed by atoms with Gasteiger partial charge in [0.15, 0.2) is 0 Å². The average Bonchev–Trinajstić information content (AvgIpc) is 3.20. The van der Waals surface area contributed by atoms with E-state index in [0.717, 1.165) is 0 Å². The highest BCUT2D eigenvalue weighted by molar-refractivity contribution is 5.92. The number of nitrogens with zero attached hydrogens (tertiary/aromatic N) is 2. The van der Waals surface area contributed by atoms with Crippen LogP contribution in [0.5, 0.6) is 0 Å². The smallest absolute Gasteiger partial charge is 0.390 e. The number of halogens is 3. The molecule has 1 aliphatic carbocycles. The van der Waals surface area contributed by atoms with Crippen molar-refractivity contribution in [3.63, 3.8) is 0 Å². The van der Waals surface area contributed by atoms with Gasteiger partial charge < -0.3 is 10.2 Å². The summed E-state index contributed by atoms with van der Waals surface area (Å²) in [6, 6.07) is 9.36. The van der Waals surface area contributed by atoms with Gasteiger partial charge in [0.2, 0.25) is 5.60 Å². The van der Waals surface area contributed by atoms with Crippen molar-refractivity contribution in [1.29, 1.82) is 0 Å². The van der Waals surface area contributed by atoms with Crippen LogP contribution in [0.2, 0.25) is 0 Å². The minimum atomic E-state index is -4.89. The molecule has 0 spiro atoms. The summed E-state index contributed by atoms with van der Waals surface area (Å²) in [5.41, 5.74) is -1.81. The van der Waals surface area contributed by atoms with Crippen molar-refractivity contribution in [3.8, 4) is 22.3 Å². The molecule has 1 aromatic heterocycles. The van der Waals surface area contributed by atoms with Gasteiger partial charge in [-0.15, -0.1) is 0 Å². The lowest BCUT2D eigenvalue weighted by Crippen LogP contribution is -2.41. The van der Waals surface area contributed by atoms with Gasteiger partial charge in [-0.25, -0.2) is 0 Å². The predicted octanol–water partition coefficient (Wildman–Crippen LogP) is 4.57. The third-order valence-electron chi connectivity index (χ3n) is 5.63. The Hall–Kier alpha value is -2.64. The maximum absolute atomic E-state index is 14.2. The first-order chi connectivity index (χ1) is 13.9. The molecule has 158 valence electrons. The summed E-state index contributed by atoms with van der Waals surface area (Å²) < 4.78 is 44.3. The molecule has 2 N–H and O–H groups in total. The van der Waals surface area contributed by atoms with E-state index in [0.29, 0.717) is 40.7 Å². The maximum atomic E-state index is 14.2. The van der Waals surface area contributed by atoms with Crippen molar-refractivity contribution in [2.75, 3.05) is 0 Å². The Labute approximate surface area is 172 Å². The molecule has 1 heterocycles.